The summed E-state index contributed by atoms with van der Waals surface area (Å²) in [4.78, 5) is 23.6. The van der Waals surface area contributed by atoms with Crippen LogP contribution in [0.2, 0.25) is 0 Å². The number of hydrogen-bond donors (Lipinski definition) is 2. The van der Waals surface area contributed by atoms with E-state index in [4.69, 9.17) is 0 Å². The molecule has 0 unspecified atom stereocenters. The van der Waals surface area contributed by atoms with E-state index in [1.165, 1.54) is 7.05 Å². The Morgan fingerprint density at radius 1 is 1.28 bits per heavy atom. The lowest BCUT2D eigenvalue weighted by atomic mass is 9.86. The maximum Gasteiger partial charge on any atom is 0.451 e. The minimum absolute atomic E-state index is 0.0299. The number of hydrogen-bond acceptors (Lipinski definition) is 5. The zero-order valence-electron chi connectivity index (χ0n) is 13.9. The van der Waals surface area contributed by atoms with Crippen LogP contribution in [0.25, 0.3) is 0 Å². The first-order valence-electron chi connectivity index (χ1n) is 7.88. The second kappa shape index (κ2) is 8.07. The molecule has 0 bridgehead atoms. The van der Waals surface area contributed by atoms with Gasteiger partial charge in [0.2, 0.25) is 11.7 Å². The third kappa shape index (κ3) is 5.35. The van der Waals surface area contributed by atoms with E-state index < -0.39 is 23.9 Å². The number of thioether (sulfide) groups is 1. The van der Waals surface area contributed by atoms with Crippen molar-refractivity contribution >= 4 is 23.7 Å². The van der Waals surface area contributed by atoms with E-state index in [0.717, 1.165) is 42.0 Å². The van der Waals surface area contributed by atoms with Crippen LogP contribution in [-0.2, 0) is 18.0 Å². The van der Waals surface area contributed by atoms with Gasteiger partial charge in [-0.25, -0.2) is 4.79 Å². The fourth-order valence-electron chi connectivity index (χ4n) is 2.72. The molecule has 1 aromatic rings. The highest BCUT2D eigenvalue weighted by atomic mass is 32.2. The first kappa shape index (κ1) is 19.5. The van der Waals surface area contributed by atoms with E-state index in [0.29, 0.717) is 5.92 Å². The van der Waals surface area contributed by atoms with Crippen LogP contribution in [0.3, 0.4) is 0 Å². The molecule has 25 heavy (non-hydrogen) atoms. The molecule has 7 nitrogen and oxygen atoms in total. The molecule has 1 fully saturated rings. The molecular weight excluding hydrogens is 359 g/mol. The number of carbonyl (C=O) groups excluding carboxylic acids is 2. The SMILES string of the molecule is C[C@@H]1CCCC[C@@H]1NC(=O)NC(=O)CSc1nnc(C(F)(F)F)n1C. The molecule has 3 amide bonds. The molecule has 2 N–H and O–H groups in total. The van der Waals surface area contributed by atoms with Crippen molar-refractivity contribution < 1.29 is 22.8 Å². The number of nitrogens with zero attached hydrogens (tertiary/aromatic N) is 3. The van der Waals surface area contributed by atoms with Crippen molar-refractivity contribution in [3.05, 3.63) is 5.82 Å². The number of carbonyl (C=O) groups is 2. The zero-order valence-corrected chi connectivity index (χ0v) is 14.7. The predicted molar refractivity (Wildman–Crippen MR) is 84.8 cm³/mol. The Kier molecular flexibility index (Phi) is 6.31. The van der Waals surface area contributed by atoms with Gasteiger partial charge in [0.1, 0.15) is 0 Å². The Morgan fingerprint density at radius 3 is 2.56 bits per heavy atom. The molecule has 1 heterocycles. The Bertz CT molecular complexity index is 634. The summed E-state index contributed by atoms with van der Waals surface area (Å²) >= 11 is 0.778. The number of imide groups is 1. The van der Waals surface area contributed by atoms with E-state index in [-0.39, 0.29) is 17.0 Å². The van der Waals surface area contributed by atoms with E-state index in [9.17, 15) is 22.8 Å². The van der Waals surface area contributed by atoms with Gasteiger partial charge in [-0.2, -0.15) is 13.2 Å². The smallest absolute Gasteiger partial charge is 0.335 e. The molecule has 11 heteroatoms. The van der Waals surface area contributed by atoms with Gasteiger partial charge in [-0.05, 0) is 18.8 Å². The van der Waals surface area contributed by atoms with Crippen molar-refractivity contribution in [2.75, 3.05) is 5.75 Å². The number of urea groups is 1. The Hall–Kier alpha value is -1.78. The standard InChI is InChI=1S/C14H20F3N5O2S/c1-8-5-3-4-6-9(8)18-12(24)19-10(23)7-25-13-21-20-11(22(13)2)14(15,16)17/h8-9H,3-7H2,1-2H3,(H2,18,19,23,24)/t8-,9+/m1/s1. The summed E-state index contributed by atoms with van der Waals surface area (Å²) < 4.78 is 38.6. The Balaban J connectivity index is 1.81. The second-order valence-electron chi connectivity index (χ2n) is 6.04. The monoisotopic (exact) mass is 379 g/mol. The molecule has 0 spiro atoms. The number of nitrogens with one attached hydrogen (secondary N) is 2. The normalized spacial score (nSPS) is 21.0. The van der Waals surface area contributed by atoms with Crippen LogP contribution in [0.15, 0.2) is 5.16 Å². The molecule has 1 aliphatic carbocycles. The number of amides is 3. The van der Waals surface area contributed by atoms with Crippen molar-refractivity contribution in [2.45, 2.75) is 50.0 Å². The van der Waals surface area contributed by atoms with Crippen LogP contribution in [0.4, 0.5) is 18.0 Å². The fourth-order valence-corrected chi connectivity index (χ4v) is 3.43. The molecule has 0 aromatic carbocycles. The highest BCUT2D eigenvalue weighted by Gasteiger charge is 2.37. The van der Waals surface area contributed by atoms with Crippen LogP contribution in [0.5, 0.6) is 0 Å². The lowest BCUT2D eigenvalue weighted by Gasteiger charge is -2.29. The highest BCUT2D eigenvalue weighted by Crippen LogP contribution is 2.29. The topological polar surface area (TPSA) is 88.9 Å². The average molecular weight is 379 g/mol. The van der Waals surface area contributed by atoms with Crippen molar-refractivity contribution in [1.29, 1.82) is 0 Å². The highest BCUT2D eigenvalue weighted by molar-refractivity contribution is 7.99. The van der Waals surface area contributed by atoms with Crippen molar-refractivity contribution in [3.8, 4) is 0 Å². The van der Waals surface area contributed by atoms with Gasteiger partial charge in [-0.1, -0.05) is 31.5 Å². The molecule has 2 atom stereocenters. The van der Waals surface area contributed by atoms with Gasteiger partial charge in [0.15, 0.2) is 5.16 Å². The molecule has 0 aliphatic heterocycles. The predicted octanol–water partition coefficient (Wildman–Crippen LogP) is 2.33. The summed E-state index contributed by atoms with van der Waals surface area (Å²) in [5, 5.41) is 11.4. The quantitative estimate of drug-likeness (QED) is 0.784. The molecular formula is C14H20F3N5O2S. The number of alkyl halides is 3. The Morgan fingerprint density at radius 2 is 1.96 bits per heavy atom. The largest absolute Gasteiger partial charge is 0.451 e. The molecule has 140 valence electrons. The van der Waals surface area contributed by atoms with Gasteiger partial charge in [0, 0.05) is 13.1 Å². The summed E-state index contributed by atoms with van der Waals surface area (Å²) in [7, 11) is 1.17. The van der Waals surface area contributed by atoms with Gasteiger partial charge in [-0.15, -0.1) is 10.2 Å². The van der Waals surface area contributed by atoms with Gasteiger partial charge in [0.25, 0.3) is 0 Å². The minimum atomic E-state index is -4.61. The van der Waals surface area contributed by atoms with Crippen LogP contribution in [-0.4, -0.2) is 38.5 Å². The first-order chi connectivity index (χ1) is 11.7. The zero-order chi connectivity index (χ0) is 18.6. The van der Waals surface area contributed by atoms with E-state index in [1.54, 1.807) is 0 Å². The van der Waals surface area contributed by atoms with Crippen LogP contribution in [0.1, 0.15) is 38.4 Å². The van der Waals surface area contributed by atoms with Gasteiger partial charge >= 0.3 is 12.2 Å². The summed E-state index contributed by atoms with van der Waals surface area (Å²) in [6.45, 7) is 2.05. The first-order valence-corrected chi connectivity index (χ1v) is 8.86. The lowest BCUT2D eigenvalue weighted by molar-refractivity contribution is -0.147. The molecule has 0 radical (unpaired) electrons. The average Bonchev–Trinajstić information content (AvgIpc) is 2.88. The lowest BCUT2D eigenvalue weighted by Crippen LogP contribution is -2.48. The van der Waals surface area contributed by atoms with E-state index in [2.05, 4.69) is 20.8 Å². The van der Waals surface area contributed by atoms with Crippen LogP contribution < -0.4 is 10.6 Å². The van der Waals surface area contributed by atoms with Crippen molar-refractivity contribution in [1.82, 2.24) is 25.4 Å². The number of halogens is 3. The second-order valence-corrected chi connectivity index (χ2v) is 6.98. The van der Waals surface area contributed by atoms with Crippen LogP contribution in [0, 0.1) is 5.92 Å². The number of rotatable bonds is 4. The molecule has 1 aromatic heterocycles. The fraction of sp³-hybridized carbons (Fsp3) is 0.714. The van der Waals surface area contributed by atoms with Crippen molar-refractivity contribution in [2.24, 2.45) is 13.0 Å². The summed E-state index contributed by atoms with van der Waals surface area (Å²) in [6, 6.07) is -0.555. The molecule has 2 rings (SSSR count). The van der Waals surface area contributed by atoms with Gasteiger partial charge in [0.05, 0.1) is 5.75 Å². The molecule has 1 saturated carbocycles. The maximum absolute atomic E-state index is 12.6. The molecule has 0 saturated heterocycles. The van der Waals surface area contributed by atoms with Crippen molar-refractivity contribution in [3.63, 3.8) is 0 Å². The van der Waals surface area contributed by atoms with E-state index >= 15 is 0 Å². The van der Waals surface area contributed by atoms with Gasteiger partial charge in [-0.3, -0.25) is 10.1 Å². The minimum Gasteiger partial charge on any atom is -0.335 e. The summed E-state index contributed by atoms with van der Waals surface area (Å²) in [6.07, 6.45) is -0.542. The summed E-state index contributed by atoms with van der Waals surface area (Å²) in [5.41, 5.74) is 0. The molecule has 1 aliphatic rings. The Labute approximate surface area is 147 Å². The summed E-state index contributed by atoms with van der Waals surface area (Å²) in [5.74, 6) is -1.64. The number of aromatic nitrogens is 3. The third-order valence-corrected chi connectivity index (χ3v) is 5.12. The van der Waals surface area contributed by atoms with E-state index in [1.807, 2.05) is 6.92 Å². The van der Waals surface area contributed by atoms with Crippen LogP contribution >= 0.6 is 11.8 Å². The maximum atomic E-state index is 12.6. The van der Waals surface area contributed by atoms with Gasteiger partial charge < -0.3 is 9.88 Å². The third-order valence-electron chi connectivity index (χ3n) is 4.10.